The zero-order valence-corrected chi connectivity index (χ0v) is 19.0. The van der Waals surface area contributed by atoms with E-state index in [1.165, 1.54) is 68.9 Å². The van der Waals surface area contributed by atoms with Gasteiger partial charge in [-0.25, -0.2) is 0 Å². The largest absolute Gasteiger partial charge is 0.494 e. The van der Waals surface area contributed by atoms with Crippen LogP contribution in [0.2, 0.25) is 0 Å². The molecular formula is C29H38O. The van der Waals surface area contributed by atoms with Gasteiger partial charge in [0.25, 0.3) is 0 Å². The van der Waals surface area contributed by atoms with Crippen LogP contribution in [-0.2, 0) is 0 Å². The molecule has 160 valence electrons. The van der Waals surface area contributed by atoms with Gasteiger partial charge in [0.05, 0.1) is 6.61 Å². The summed E-state index contributed by atoms with van der Waals surface area (Å²) >= 11 is 0. The molecule has 30 heavy (non-hydrogen) atoms. The van der Waals surface area contributed by atoms with Crippen molar-refractivity contribution in [1.29, 1.82) is 0 Å². The van der Waals surface area contributed by atoms with Gasteiger partial charge in [0.15, 0.2) is 0 Å². The molecule has 0 spiro atoms. The topological polar surface area (TPSA) is 9.23 Å². The molecule has 0 aliphatic heterocycles. The van der Waals surface area contributed by atoms with Crippen LogP contribution in [0.3, 0.4) is 0 Å². The average Bonchev–Trinajstić information content (AvgIpc) is 2.81. The summed E-state index contributed by atoms with van der Waals surface area (Å²) in [7, 11) is 0. The van der Waals surface area contributed by atoms with Crippen LogP contribution in [0.5, 0.6) is 5.75 Å². The van der Waals surface area contributed by atoms with E-state index >= 15 is 0 Å². The van der Waals surface area contributed by atoms with E-state index < -0.39 is 0 Å². The molecule has 0 heterocycles. The fourth-order valence-electron chi connectivity index (χ4n) is 4.35. The highest BCUT2D eigenvalue weighted by molar-refractivity contribution is 5.65. The average molecular weight is 403 g/mol. The van der Waals surface area contributed by atoms with Crippen LogP contribution in [0.1, 0.15) is 83.6 Å². The molecule has 0 amide bonds. The zero-order valence-electron chi connectivity index (χ0n) is 19.0. The summed E-state index contributed by atoms with van der Waals surface area (Å²) in [5.74, 6) is 9.47. The Morgan fingerprint density at radius 1 is 0.767 bits per heavy atom. The summed E-state index contributed by atoms with van der Waals surface area (Å²) in [4.78, 5) is 0. The molecule has 1 aliphatic carbocycles. The first-order valence-corrected chi connectivity index (χ1v) is 12.1. The Bertz CT molecular complexity index is 783. The van der Waals surface area contributed by atoms with E-state index in [0.717, 1.165) is 30.3 Å². The van der Waals surface area contributed by atoms with Crippen LogP contribution < -0.4 is 4.74 Å². The zero-order chi connectivity index (χ0) is 21.0. The molecule has 1 heteroatoms. The predicted molar refractivity (Wildman–Crippen MR) is 129 cm³/mol. The van der Waals surface area contributed by atoms with Crippen molar-refractivity contribution in [3.63, 3.8) is 0 Å². The molecule has 0 radical (unpaired) electrons. The summed E-state index contributed by atoms with van der Waals surface area (Å²) in [5, 5.41) is 0. The number of hydrogen-bond acceptors (Lipinski definition) is 1. The molecule has 0 unspecified atom stereocenters. The first-order chi connectivity index (χ1) is 14.8. The SMILES string of the molecule is CCCCCCC1CCC(C#Cc2ccc(-c3ccc(OCCC)cc3)cc2)CC1. The summed E-state index contributed by atoms with van der Waals surface area (Å²) in [6.45, 7) is 5.19. The van der Waals surface area contributed by atoms with Gasteiger partial charge in [-0.15, -0.1) is 0 Å². The predicted octanol–water partition coefficient (Wildman–Crippen LogP) is 8.27. The third-order valence-corrected chi connectivity index (χ3v) is 6.28. The van der Waals surface area contributed by atoms with Crippen molar-refractivity contribution in [3.8, 4) is 28.7 Å². The minimum Gasteiger partial charge on any atom is -0.494 e. The third kappa shape index (κ3) is 7.24. The van der Waals surface area contributed by atoms with Crippen molar-refractivity contribution in [2.24, 2.45) is 11.8 Å². The highest BCUT2D eigenvalue weighted by Gasteiger charge is 2.19. The first-order valence-electron chi connectivity index (χ1n) is 12.1. The van der Waals surface area contributed by atoms with Gasteiger partial charge in [-0.05, 0) is 73.4 Å². The van der Waals surface area contributed by atoms with Crippen molar-refractivity contribution in [2.75, 3.05) is 6.61 Å². The Morgan fingerprint density at radius 3 is 2.07 bits per heavy atom. The van der Waals surface area contributed by atoms with Crippen LogP contribution >= 0.6 is 0 Å². The fourth-order valence-corrected chi connectivity index (χ4v) is 4.35. The molecule has 1 aliphatic rings. The summed E-state index contributed by atoms with van der Waals surface area (Å²) in [6, 6.07) is 17.0. The summed E-state index contributed by atoms with van der Waals surface area (Å²) in [6.07, 6.45) is 13.4. The maximum atomic E-state index is 5.67. The maximum Gasteiger partial charge on any atom is 0.119 e. The van der Waals surface area contributed by atoms with Crippen LogP contribution in [-0.4, -0.2) is 6.61 Å². The standard InChI is InChI=1S/C29H38O/c1-3-5-6-7-8-24-9-11-25(12-10-24)13-14-26-15-17-27(18-16-26)28-19-21-29(22-20-28)30-23-4-2/h15-22,24-25H,3-12,23H2,1-2H3. The van der Waals surface area contributed by atoms with Crippen LogP contribution in [0.4, 0.5) is 0 Å². The molecule has 1 fully saturated rings. The van der Waals surface area contributed by atoms with Gasteiger partial charge in [0.1, 0.15) is 5.75 Å². The molecule has 3 rings (SSSR count). The second-order valence-corrected chi connectivity index (χ2v) is 8.79. The monoisotopic (exact) mass is 402 g/mol. The molecule has 0 saturated heterocycles. The van der Waals surface area contributed by atoms with Crippen molar-refractivity contribution < 1.29 is 4.74 Å². The quantitative estimate of drug-likeness (QED) is 0.303. The number of ether oxygens (including phenoxy) is 1. The van der Waals surface area contributed by atoms with Gasteiger partial charge in [-0.2, -0.15) is 0 Å². The number of hydrogen-bond donors (Lipinski definition) is 0. The first kappa shape index (κ1) is 22.5. The van der Waals surface area contributed by atoms with E-state index in [1.807, 2.05) is 0 Å². The second-order valence-electron chi connectivity index (χ2n) is 8.79. The van der Waals surface area contributed by atoms with Gasteiger partial charge < -0.3 is 4.74 Å². The Balaban J connectivity index is 1.47. The third-order valence-electron chi connectivity index (χ3n) is 6.28. The van der Waals surface area contributed by atoms with Gasteiger partial charge in [-0.3, -0.25) is 0 Å². The minimum atomic E-state index is 0.590. The number of unbranched alkanes of at least 4 members (excludes halogenated alkanes) is 3. The minimum absolute atomic E-state index is 0.590. The van der Waals surface area contributed by atoms with E-state index in [4.69, 9.17) is 4.74 Å². The lowest BCUT2D eigenvalue weighted by Gasteiger charge is -2.25. The van der Waals surface area contributed by atoms with Crippen molar-refractivity contribution >= 4 is 0 Å². The van der Waals surface area contributed by atoms with Gasteiger partial charge in [0, 0.05) is 11.5 Å². The van der Waals surface area contributed by atoms with E-state index in [-0.39, 0.29) is 0 Å². The molecule has 1 nitrogen and oxygen atoms in total. The smallest absolute Gasteiger partial charge is 0.119 e. The van der Waals surface area contributed by atoms with Crippen LogP contribution in [0.25, 0.3) is 11.1 Å². The lowest BCUT2D eigenvalue weighted by molar-refractivity contribution is 0.294. The molecule has 2 aromatic carbocycles. The Labute approximate surface area is 184 Å². The molecule has 0 aromatic heterocycles. The second kappa shape index (κ2) is 12.5. The molecule has 0 bridgehead atoms. The Morgan fingerprint density at radius 2 is 1.43 bits per heavy atom. The highest BCUT2D eigenvalue weighted by atomic mass is 16.5. The molecule has 0 atom stereocenters. The van der Waals surface area contributed by atoms with E-state index in [1.54, 1.807) is 0 Å². The number of rotatable bonds is 9. The van der Waals surface area contributed by atoms with Gasteiger partial charge in [-0.1, -0.05) is 82.1 Å². The molecule has 2 aromatic rings. The van der Waals surface area contributed by atoms with Crippen LogP contribution in [0, 0.1) is 23.7 Å². The van der Waals surface area contributed by atoms with Gasteiger partial charge >= 0.3 is 0 Å². The Hall–Kier alpha value is -2.20. The van der Waals surface area contributed by atoms with Crippen LogP contribution in [0.15, 0.2) is 48.5 Å². The lowest BCUT2D eigenvalue weighted by Crippen LogP contribution is -2.13. The summed E-state index contributed by atoms with van der Waals surface area (Å²) < 4.78 is 5.67. The van der Waals surface area contributed by atoms with Gasteiger partial charge in [0.2, 0.25) is 0 Å². The fraction of sp³-hybridized carbons (Fsp3) is 0.517. The van der Waals surface area contributed by atoms with Crippen molar-refractivity contribution in [1.82, 2.24) is 0 Å². The number of benzene rings is 2. The van der Waals surface area contributed by atoms with Crippen molar-refractivity contribution in [3.05, 3.63) is 54.1 Å². The van der Waals surface area contributed by atoms with E-state index in [0.29, 0.717) is 5.92 Å². The van der Waals surface area contributed by atoms with E-state index in [9.17, 15) is 0 Å². The van der Waals surface area contributed by atoms with E-state index in [2.05, 4.69) is 74.2 Å². The molecular weight excluding hydrogens is 364 g/mol. The Kier molecular flexibility index (Phi) is 9.36. The van der Waals surface area contributed by atoms with Crippen molar-refractivity contribution in [2.45, 2.75) is 78.1 Å². The normalized spacial score (nSPS) is 18.5. The lowest BCUT2D eigenvalue weighted by atomic mass is 9.80. The molecule has 0 N–H and O–H groups in total. The highest BCUT2D eigenvalue weighted by Crippen LogP contribution is 2.32. The maximum absolute atomic E-state index is 5.67. The summed E-state index contributed by atoms with van der Waals surface area (Å²) in [5.41, 5.74) is 3.57. The molecule has 1 saturated carbocycles.